The van der Waals surface area contributed by atoms with E-state index in [2.05, 4.69) is 0 Å². The third-order valence-corrected chi connectivity index (χ3v) is 0.824. The molecule has 0 atom stereocenters. The molecule has 4 N–H and O–H groups in total. The van der Waals surface area contributed by atoms with Crippen LogP contribution in [0.25, 0.3) is 0 Å². The Balaban J connectivity index is -0.0000000639. The maximum absolute atomic E-state index is 10.0. The zero-order valence-electron chi connectivity index (χ0n) is 15.4. The molecule has 0 radical (unpaired) electrons. The Morgan fingerprint density at radius 2 is 0.826 bits per heavy atom. The van der Waals surface area contributed by atoms with Crippen LogP contribution >= 0.6 is 0 Å². The molecule has 7 heteroatoms. The van der Waals surface area contributed by atoms with Crippen molar-refractivity contribution in [2.75, 3.05) is 0 Å². The predicted molar refractivity (Wildman–Crippen MR) is 88.8 cm³/mol. The molecule has 0 aliphatic rings. The minimum Gasteiger partial charge on any atom is -0.512 e. The Labute approximate surface area is 154 Å². The first-order chi connectivity index (χ1) is 9.72. The Morgan fingerprint density at radius 3 is 0.826 bits per heavy atom. The van der Waals surface area contributed by atoms with E-state index < -0.39 is 0 Å². The summed E-state index contributed by atoms with van der Waals surface area (Å²) in [5.41, 5.74) is 0. The zero-order chi connectivity index (χ0) is 18.9. The van der Waals surface area contributed by atoms with E-state index in [1.807, 2.05) is 0 Å². The number of ketones is 2. The van der Waals surface area contributed by atoms with E-state index in [4.69, 9.17) is 20.4 Å². The van der Waals surface area contributed by atoms with Gasteiger partial charge in [0, 0.05) is 46.1 Å². The van der Waals surface area contributed by atoms with Gasteiger partial charge in [0.25, 0.3) is 0 Å². The van der Waals surface area contributed by atoms with Gasteiger partial charge >= 0.3 is 0 Å². The molecule has 0 saturated carbocycles. The maximum Gasteiger partial charge on any atom is 0.155 e. The van der Waals surface area contributed by atoms with E-state index in [0.717, 1.165) is 0 Å². The standard InChI is InChI=1S/2C5H8O2.2C3H8O.Ti/c2*1-4(6)3-5(2)7;2*1-3(2)4;/h2*3,6H,1-2H3;2*3-4H,1-2H3;/b2*4-3-;;;. The van der Waals surface area contributed by atoms with Crippen molar-refractivity contribution in [3.63, 3.8) is 0 Å². The van der Waals surface area contributed by atoms with Crippen molar-refractivity contribution in [1.29, 1.82) is 0 Å². The minimum absolute atomic E-state index is 0. The van der Waals surface area contributed by atoms with Crippen LogP contribution in [0.15, 0.2) is 23.7 Å². The average Bonchev–Trinajstić information content (AvgIpc) is 2.10. The maximum atomic E-state index is 10.0. The quantitative estimate of drug-likeness (QED) is 0.338. The molecule has 0 aromatic heterocycles. The molecule has 0 fully saturated rings. The van der Waals surface area contributed by atoms with Gasteiger partial charge in [0.1, 0.15) is 0 Å². The van der Waals surface area contributed by atoms with Crippen LogP contribution in [0.5, 0.6) is 0 Å². The van der Waals surface area contributed by atoms with Gasteiger partial charge in [0.05, 0.1) is 11.5 Å². The largest absolute Gasteiger partial charge is 0.512 e. The van der Waals surface area contributed by atoms with Gasteiger partial charge in [0.15, 0.2) is 11.6 Å². The number of carbonyl (C=O) groups excluding carboxylic acids is 2. The van der Waals surface area contributed by atoms with Gasteiger partial charge in [-0.25, -0.2) is 0 Å². The third kappa shape index (κ3) is 154. The van der Waals surface area contributed by atoms with E-state index in [-0.39, 0.29) is 57.0 Å². The molecule has 0 aliphatic heterocycles. The summed E-state index contributed by atoms with van der Waals surface area (Å²) in [6.07, 6.45) is 2.00. The molecule has 0 heterocycles. The van der Waals surface area contributed by atoms with E-state index in [0.29, 0.717) is 0 Å². The third-order valence-electron chi connectivity index (χ3n) is 0.824. The van der Waals surface area contributed by atoms with Crippen molar-refractivity contribution in [2.45, 2.75) is 67.6 Å². The molecule has 0 bridgehead atoms. The van der Waals surface area contributed by atoms with E-state index >= 15 is 0 Å². The van der Waals surface area contributed by atoms with Crippen molar-refractivity contribution in [1.82, 2.24) is 0 Å². The number of rotatable bonds is 2. The molecular formula is C16H32O6Ti. The van der Waals surface area contributed by atoms with E-state index in [1.165, 1.54) is 39.8 Å². The fourth-order valence-corrected chi connectivity index (χ4v) is 0.588. The molecule has 0 aromatic rings. The summed E-state index contributed by atoms with van der Waals surface area (Å²) in [6.45, 7) is 12.6. The van der Waals surface area contributed by atoms with Gasteiger partial charge in [-0.2, -0.15) is 0 Å². The van der Waals surface area contributed by atoms with E-state index in [9.17, 15) is 9.59 Å². The van der Waals surface area contributed by atoms with Crippen LogP contribution in [0, 0.1) is 0 Å². The topological polar surface area (TPSA) is 115 Å². The number of hydrogen-bond acceptors (Lipinski definition) is 6. The zero-order valence-corrected chi connectivity index (χ0v) is 17.0. The summed E-state index contributed by atoms with van der Waals surface area (Å²) in [6, 6.07) is 0. The normalized spacial score (nSPS) is 10.1. The van der Waals surface area contributed by atoms with Crippen molar-refractivity contribution >= 4 is 11.6 Å². The van der Waals surface area contributed by atoms with Crippen LogP contribution in [-0.2, 0) is 31.3 Å². The van der Waals surface area contributed by atoms with E-state index in [1.54, 1.807) is 27.7 Å². The average molecular weight is 368 g/mol. The molecule has 0 amide bonds. The number of hydrogen-bond donors (Lipinski definition) is 4. The molecule has 0 saturated heterocycles. The Morgan fingerprint density at radius 1 is 0.696 bits per heavy atom. The Kier molecular flexibility index (Phi) is 34.1. The number of carbonyl (C=O) groups is 2. The van der Waals surface area contributed by atoms with Gasteiger partial charge < -0.3 is 20.4 Å². The second-order valence-corrected chi connectivity index (χ2v) is 4.98. The second kappa shape index (κ2) is 23.3. The van der Waals surface area contributed by atoms with Crippen molar-refractivity contribution in [2.24, 2.45) is 0 Å². The SMILES string of the molecule is CC(=O)/C=C(/C)O.CC(=O)/C=C(/C)O.CC(C)O.CC(C)O.[Ti]. The monoisotopic (exact) mass is 368 g/mol. The van der Waals surface area contributed by atoms with Crippen molar-refractivity contribution in [3.05, 3.63) is 23.7 Å². The van der Waals surface area contributed by atoms with Crippen molar-refractivity contribution < 1.29 is 51.7 Å². The molecule has 0 aromatic carbocycles. The molecule has 0 aliphatic carbocycles. The van der Waals surface area contributed by atoms with Crippen LogP contribution in [0.4, 0.5) is 0 Å². The Bertz CT molecular complexity index is 299. The van der Waals surface area contributed by atoms with Gasteiger partial charge in [-0.05, 0) is 55.4 Å². The molecular weight excluding hydrogens is 336 g/mol. The summed E-state index contributed by atoms with van der Waals surface area (Å²) >= 11 is 0. The second-order valence-electron chi connectivity index (χ2n) is 4.98. The van der Waals surface area contributed by atoms with Crippen LogP contribution in [-0.4, -0.2) is 44.2 Å². The minimum atomic E-state index is -0.167. The molecule has 23 heavy (non-hydrogen) atoms. The molecule has 6 nitrogen and oxygen atoms in total. The summed E-state index contributed by atoms with van der Waals surface area (Å²) in [7, 11) is 0. The van der Waals surface area contributed by atoms with Gasteiger partial charge in [-0.3, -0.25) is 9.59 Å². The molecule has 0 rings (SSSR count). The fourth-order valence-electron chi connectivity index (χ4n) is 0.588. The van der Waals surface area contributed by atoms with Crippen molar-refractivity contribution in [3.8, 4) is 0 Å². The molecule has 0 spiro atoms. The summed E-state index contributed by atoms with van der Waals surface area (Å²) in [5.74, 6) is -0.125. The summed E-state index contributed by atoms with van der Waals surface area (Å²) < 4.78 is 0. The van der Waals surface area contributed by atoms with Crippen LogP contribution in [0.1, 0.15) is 55.4 Å². The molecule has 136 valence electrons. The first-order valence-corrected chi connectivity index (χ1v) is 6.84. The Hall–Kier alpha value is -0.946. The smallest absolute Gasteiger partial charge is 0.155 e. The fraction of sp³-hybridized carbons (Fsp3) is 0.625. The van der Waals surface area contributed by atoms with Crippen LogP contribution in [0.2, 0.25) is 0 Å². The summed E-state index contributed by atoms with van der Waals surface area (Å²) in [5, 5.41) is 32.8. The van der Waals surface area contributed by atoms with Gasteiger partial charge in [-0.1, -0.05) is 0 Å². The molecule has 0 unspecified atom stereocenters. The first-order valence-electron chi connectivity index (χ1n) is 6.84. The van der Waals surface area contributed by atoms with Gasteiger partial charge in [-0.15, -0.1) is 0 Å². The van der Waals surface area contributed by atoms with Gasteiger partial charge in [0.2, 0.25) is 0 Å². The van der Waals surface area contributed by atoms with Crippen LogP contribution < -0.4 is 0 Å². The summed E-state index contributed by atoms with van der Waals surface area (Å²) in [4.78, 5) is 20.0. The number of aliphatic hydroxyl groups excluding tert-OH is 4. The predicted octanol–water partition coefficient (Wildman–Crippen LogP) is 2.85. The number of allylic oxidation sites excluding steroid dienone is 4. The number of aliphatic hydroxyl groups is 4. The first kappa shape index (κ1) is 33.6. The van der Waals surface area contributed by atoms with Crippen LogP contribution in [0.3, 0.4) is 0 Å².